The van der Waals surface area contributed by atoms with Crippen molar-refractivity contribution in [2.75, 3.05) is 44.7 Å². The highest BCUT2D eigenvalue weighted by Crippen LogP contribution is 2.39. The Morgan fingerprint density at radius 2 is 1.57 bits per heavy atom. The first-order valence-corrected chi connectivity index (χ1v) is 13.9. The van der Waals surface area contributed by atoms with Crippen molar-refractivity contribution in [3.8, 4) is 16.9 Å². The summed E-state index contributed by atoms with van der Waals surface area (Å²) in [5.41, 5.74) is 9.18. The highest BCUT2D eigenvalue weighted by molar-refractivity contribution is 6.42. The number of hydrogen-bond donors (Lipinski definition) is 1. The molecule has 3 amide bonds. The molecule has 1 fully saturated rings. The van der Waals surface area contributed by atoms with Gasteiger partial charge in [-0.15, -0.1) is 0 Å². The average molecular weight is 582 g/mol. The number of likely N-dealkylation sites (tertiary alicyclic amines) is 1. The summed E-state index contributed by atoms with van der Waals surface area (Å²) in [4.78, 5) is 43.3. The van der Waals surface area contributed by atoms with E-state index in [1.807, 2.05) is 36.4 Å². The second-order valence-corrected chi connectivity index (χ2v) is 10.9. The molecule has 2 heterocycles. The molecule has 5 rings (SSSR count). The second kappa shape index (κ2) is 11.9. The number of nitrogens with zero attached hydrogens (tertiary/aromatic N) is 3. The third-order valence-electron chi connectivity index (χ3n) is 7.53. The smallest absolute Gasteiger partial charge is 0.265 e. The molecule has 0 saturated carbocycles. The number of ether oxygens (including phenoxy) is 1. The number of nitrogens with two attached hydrogens (primary N) is 1. The minimum Gasteiger partial charge on any atom is -0.482 e. The number of hydrogen-bond acceptors (Lipinski definition) is 5. The van der Waals surface area contributed by atoms with Crippen molar-refractivity contribution in [2.24, 2.45) is 5.73 Å². The van der Waals surface area contributed by atoms with Gasteiger partial charge in [0.2, 0.25) is 11.8 Å². The van der Waals surface area contributed by atoms with Crippen molar-refractivity contribution in [1.82, 2.24) is 9.80 Å². The summed E-state index contributed by atoms with van der Waals surface area (Å²) >= 11 is 12.3. The fourth-order valence-corrected chi connectivity index (χ4v) is 5.49. The van der Waals surface area contributed by atoms with E-state index in [0.717, 1.165) is 42.6 Å². The van der Waals surface area contributed by atoms with Gasteiger partial charge in [-0.25, -0.2) is 0 Å². The molecule has 10 heteroatoms. The first kappa shape index (κ1) is 28.0. The predicted octanol–water partition coefficient (Wildman–Crippen LogP) is 4.78. The summed E-state index contributed by atoms with van der Waals surface area (Å²) in [7, 11) is 1.78. The molecule has 0 aliphatic carbocycles. The van der Waals surface area contributed by atoms with Gasteiger partial charge in [-0.3, -0.25) is 19.3 Å². The topological polar surface area (TPSA) is 96.2 Å². The van der Waals surface area contributed by atoms with Gasteiger partial charge in [-0.1, -0.05) is 59.6 Å². The van der Waals surface area contributed by atoms with Gasteiger partial charge in [0.1, 0.15) is 12.3 Å². The Morgan fingerprint density at radius 1 is 0.975 bits per heavy atom. The summed E-state index contributed by atoms with van der Waals surface area (Å²) in [5.74, 6) is -0.580. The zero-order chi connectivity index (χ0) is 28.4. The third-order valence-corrected chi connectivity index (χ3v) is 8.25. The lowest BCUT2D eigenvalue weighted by atomic mass is 9.98. The van der Waals surface area contributed by atoms with Gasteiger partial charge in [0.05, 0.1) is 21.8 Å². The molecule has 2 aliphatic rings. The van der Waals surface area contributed by atoms with Crippen LogP contribution in [0.2, 0.25) is 10.0 Å². The van der Waals surface area contributed by atoms with Crippen molar-refractivity contribution in [2.45, 2.75) is 18.9 Å². The molecule has 40 heavy (non-hydrogen) atoms. The Labute approximate surface area is 243 Å². The largest absolute Gasteiger partial charge is 0.482 e. The lowest BCUT2D eigenvalue weighted by Gasteiger charge is -2.35. The van der Waals surface area contributed by atoms with Crippen LogP contribution in [0.25, 0.3) is 11.1 Å². The van der Waals surface area contributed by atoms with Crippen LogP contribution in [0.3, 0.4) is 0 Å². The van der Waals surface area contributed by atoms with E-state index in [9.17, 15) is 14.4 Å². The number of benzene rings is 3. The Morgan fingerprint density at radius 3 is 2.20 bits per heavy atom. The molecule has 208 valence electrons. The van der Waals surface area contributed by atoms with E-state index in [1.54, 1.807) is 36.2 Å². The molecule has 2 aliphatic heterocycles. The minimum absolute atomic E-state index is 0.148. The predicted molar refractivity (Wildman–Crippen MR) is 156 cm³/mol. The maximum absolute atomic E-state index is 13.7. The molecule has 0 aromatic heterocycles. The summed E-state index contributed by atoms with van der Waals surface area (Å²) in [6.07, 6.45) is 2.26. The average Bonchev–Trinajstić information content (AvgIpc) is 3.47. The Kier molecular flexibility index (Phi) is 8.30. The zero-order valence-corrected chi connectivity index (χ0v) is 23.6. The van der Waals surface area contributed by atoms with Gasteiger partial charge in [-0.05, 0) is 60.8 Å². The van der Waals surface area contributed by atoms with Gasteiger partial charge in [0, 0.05) is 25.2 Å². The first-order valence-electron chi connectivity index (χ1n) is 13.1. The molecular weight excluding hydrogens is 551 g/mol. The van der Waals surface area contributed by atoms with Crippen molar-refractivity contribution in [1.29, 1.82) is 0 Å². The van der Waals surface area contributed by atoms with Crippen LogP contribution in [0.15, 0.2) is 60.7 Å². The SMILES string of the molecule is CN(C(=O)CN1C(=O)COc2cc(Cl)c(Cl)cc21)C(CN1CCCC1)c1ccc(-c2ccc(C(N)=O)cc2)cc1. The Balaban J connectivity index is 1.38. The van der Waals surface area contributed by atoms with Crippen molar-refractivity contribution in [3.05, 3.63) is 81.8 Å². The number of fused-ring (bicyclic) bond motifs is 1. The lowest BCUT2D eigenvalue weighted by molar-refractivity contribution is -0.133. The summed E-state index contributed by atoms with van der Waals surface area (Å²) in [6, 6.07) is 18.1. The maximum Gasteiger partial charge on any atom is 0.265 e. The molecule has 1 unspecified atom stereocenters. The number of carbonyl (C=O) groups is 3. The van der Waals surface area contributed by atoms with Crippen LogP contribution in [0, 0.1) is 0 Å². The van der Waals surface area contributed by atoms with Gasteiger partial charge < -0.3 is 20.3 Å². The zero-order valence-electron chi connectivity index (χ0n) is 22.1. The van der Waals surface area contributed by atoms with Crippen LogP contribution in [-0.4, -0.2) is 67.4 Å². The number of likely N-dealkylation sites (N-methyl/N-ethyl adjacent to an activating group) is 1. The number of carbonyl (C=O) groups excluding carboxylic acids is 3. The molecule has 3 aromatic carbocycles. The Bertz CT molecular complexity index is 1420. The van der Waals surface area contributed by atoms with Crippen LogP contribution in [0.4, 0.5) is 5.69 Å². The summed E-state index contributed by atoms with van der Waals surface area (Å²) in [6.45, 7) is 2.32. The number of primary amides is 1. The fourth-order valence-electron chi connectivity index (χ4n) is 5.18. The molecule has 0 radical (unpaired) electrons. The van der Waals surface area contributed by atoms with Crippen LogP contribution >= 0.6 is 23.2 Å². The molecular formula is C30H30Cl2N4O4. The molecule has 1 saturated heterocycles. The number of halogens is 2. The Hall–Kier alpha value is -3.59. The molecule has 0 bridgehead atoms. The minimum atomic E-state index is -0.464. The molecule has 8 nitrogen and oxygen atoms in total. The van der Waals surface area contributed by atoms with Crippen LogP contribution in [0.5, 0.6) is 5.75 Å². The molecule has 0 spiro atoms. The highest BCUT2D eigenvalue weighted by Gasteiger charge is 2.32. The maximum atomic E-state index is 13.7. The van der Waals surface area contributed by atoms with E-state index in [0.29, 0.717) is 28.6 Å². The van der Waals surface area contributed by atoms with Crippen LogP contribution in [0.1, 0.15) is 34.8 Å². The highest BCUT2D eigenvalue weighted by atomic mass is 35.5. The van der Waals surface area contributed by atoms with Crippen molar-refractivity contribution < 1.29 is 19.1 Å². The normalized spacial score (nSPS) is 15.9. The monoisotopic (exact) mass is 580 g/mol. The number of rotatable bonds is 8. The number of amides is 3. The van der Waals surface area contributed by atoms with E-state index < -0.39 is 5.91 Å². The first-order chi connectivity index (χ1) is 19.2. The van der Waals surface area contributed by atoms with Crippen LogP contribution in [-0.2, 0) is 9.59 Å². The number of anilines is 1. The van der Waals surface area contributed by atoms with Gasteiger partial charge in [0.15, 0.2) is 6.61 Å². The van der Waals surface area contributed by atoms with E-state index in [2.05, 4.69) is 4.90 Å². The standard InChI is InChI=1S/C30H30Cl2N4O4/c1-34(28(37)17-36-25-14-23(31)24(32)15-27(25)40-18-29(36)38)26(16-35-12-2-3-13-35)21-8-4-19(5-9-21)20-6-10-22(11-7-20)30(33)39/h4-11,14-15,26H,2-3,12-13,16-18H2,1H3,(H2,33,39). The molecule has 1 atom stereocenters. The third kappa shape index (κ3) is 5.94. The van der Waals surface area contributed by atoms with E-state index in [1.165, 1.54) is 4.90 Å². The lowest BCUT2D eigenvalue weighted by Crippen LogP contribution is -2.47. The van der Waals surface area contributed by atoms with Crippen molar-refractivity contribution >= 4 is 46.6 Å². The van der Waals surface area contributed by atoms with E-state index in [4.69, 9.17) is 33.7 Å². The fraction of sp³-hybridized carbons (Fsp3) is 0.300. The van der Waals surface area contributed by atoms with Crippen molar-refractivity contribution in [3.63, 3.8) is 0 Å². The second-order valence-electron chi connectivity index (χ2n) is 10.1. The summed E-state index contributed by atoms with van der Waals surface area (Å²) in [5, 5.41) is 0.594. The van der Waals surface area contributed by atoms with Gasteiger partial charge in [0.25, 0.3) is 5.91 Å². The van der Waals surface area contributed by atoms with Gasteiger partial charge in [-0.2, -0.15) is 0 Å². The van der Waals surface area contributed by atoms with E-state index in [-0.39, 0.29) is 36.0 Å². The van der Waals surface area contributed by atoms with Gasteiger partial charge >= 0.3 is 0 Å². The molecule has 2 N–H and O–H groups in total. The summed E-state index contributed by atoms with van der Waals surface area (Å²) < 4.78 is 5.53. The van der Waals surface area contributed by atoms with E-state index >= 15 is 0 Å². The molecule has 3 aromatic rings. The quantitative estimate of drug-likeness (QED) is 0.413. The van der Waals surface area contributed by atoms with Crippen LogP contribution < -0.4 is 15.4 Å².